The maximum absolute atomic E-state index is 4.11. The Balaban J connectivity index is 2.14. The minimum atomic E-state index is 0.761. The monoisotopic (exact) mass is 162 g/mol. The topological polar surface area (TPSA) is 57.4 Å². The van der Waals surface area contributed by atoms with Crippen LogP contribution in [0.15, 0.2) is 18.5 Å². The smallest absolute Gasteiger partial charge is 0.112 e. The zero-order valence-electron chi connectivity index (χ0n) is 6.83. The Morgan fingerprint density at radius 1 is 1.50 bits per heavy atom. The van der Waals surface area contributed by atoms with Crippen molar-refractivity contribution < 1.29 is 0 Å². The van der Waals surface area contributed by atoms with Gasteiger partial charge in [0, 0.05) is 24.5 Å². The summed E-state index contributed by atoms with van der Waals surface area (Å²) < 4.78 is 0. The molecule has 0 amide bonds. The molecular weight excluding hydrogens is 152 g/mol. The predicted octanol–water partition coefficient (Wildman–Crippen LogP) is 1.03. The van der Waals surface area contributed by atoms with E-state index < -0.39 is 0 Å². The van der Waals surface area contributed by atoms with E-state index in [1.54, 1.807) is 6.20 Å². The molecule has 0 aromatic carbocycles. The summed E-state index contributed by atoms with van der Waals surface area (Å²) in [4.78, 5) is 7.14. The Bertz CT molecular complexity index is 347. The van der Waals surface area contributed by atoms with Crippen molar-refractivity contribution in [3.05, 3.63) is 35.7 Å². The molecule has 0 aliphatic carbocycles. The molecule has 0 atom stereocenters. The van der Waals surface area contributed by atoms with Crippen molar-refractivity contribution >= 4 is 0 Å². The van der Waals surface area contributed by atoms with E-state index in [4.69, 9.17) is 0 Å². The first-order valence-electron chi connectivity index (χ1n) is 3.84. The van der Waals surface area contributed by atoms with Crippen LogP contribution in [0, 0.1) is 6.92 Å². The van der Waals surface area contributed by atoms with Gasteiger partial charge in [-0.15, -0.1) is 0 Å². The van der Waals surface area contributed by atoms with Crippen molar-refractivity contribution in [2.45, 2.75) is 13.3 Å². The molecule has 0 aliphatic heterocycles. The van der Waals surface area contributed by atoms with Crippen molar-refractivity contribution in [3.63, 3.8) is 0 Å². The zero-order valence-corrected chi connectivity index (χ0v) is 6.83. The Labute approximate surface area is 70.0 Å². The van der Waals surface area contributed by atoms with Crippen LogP contribution in [0.2, 0.25) is 0 Å². The Morgan fingerprint density at radius 2 is 2.42 bits per heavy atom. The molecule has 2 N–H and O–H groups in total. The Morgan fingerprint density at radius 3 is 3.00 bits per heavy atom. The van der Waals surface area contributed by atoms with Crippen LogP contribution in [0.1, 0.15) is 17.2 Å². The van der Waals surface area contributed by atoms with Gasteiger partial charge in [-0.25, -0.2) is 4.98 Å². The first-order valence-corrected chi connectivity index (χ1v) is 3.84. The van der Waals surface area contributed by atoms with Crippen LogP contribution in [0.3, 0.4) is 0 Å². The minimum absolute atomic E-state index is 0.761. The zero-order chi connectivity index (χ0) is 8.39. The summed E-state index contributed by atoms with van der Waals surface area (Å²) in [5.74, 6) is 0.946. The van der Waals surface area contributed by atoms with Gasteiger partial charge in [-0.3, -0.25) is 5.10 Å². The minimum Gasteiger partial charge on any atom is -0.348 e. The van der Waals surface area contributed by atoms with Crippen molar-refractivity contribution in [3.8, 4) is 0 Å². The second kappa shape index (κ2) is 2.81. The van der Waals surface area contributed by atoms with Crippen molar-refractivity contribution in [1.82, 2.24) is 20.2 Å². The number of imidazole rings is 1. The number of aromatic amines is 2. The lowest BCUT2D eigenvalue weighted by Crippen LogP contribution is -1.90. The SMILES string of the molecule is Cc1cc(Cc2ncc[nH]2)n[nH]1. The van der Waals surface area contributed by atoms with Gasteiger partial charge in [-0.1, -0.05) is 0 Å². The van der Waals surface area contributed by atoms with Gasteiger partial charge >= 0.3 is 0 Å². The van der Waals surface area contributed by atoms with Crippen LogP contribution in [0.4, 0.5) is 0 Å². The largest absolute Gasteiger partial charge is 0.348 e. The molecule has 0 saturated carbocycles. The molecule has 2 heterocycles. The van der Waals surface area contributed by atoms with Crippen LogP contribution >= 0.6 is 0 Å². The van der Waals surface area contributed by atoms with Gasteiger partial charge in [0.05, 0.1) is 5.69 Å². The molecule has 0 unspecified atom stereocenters. The summed E-state index contributed by atoms with van der Waals surface area (Å²) in [6.45, 7) is 1.98. The van der Waals surface area contributed by atoms with E-state index >= 15 is 0 Å². The van der Waals surface area contributed by atoms with Crippen LogP contribution in [0.5, 0.6) is 0 Å². The number of aryl methyl sites for hydroxylation is 1. The molecule has 2 rings (SSSR count). The number of aromatic nitrogens is 4. The lowest BCUT2D eigenvalue weighted by molar-refractivity contribution is 0.938. The van der Waals surface area contributed by atoms with Crippen LogP contribution in [0.25, 0.3) is 0 Å². The highest BCUT2D eigenvalue weighted by molar-refractivity contribution is 5.11. The number of rotatable bonds is 2. The molecule has 2 aromatic rings. The second-order valence-electron chi connectivity index (χ2n) is 2.75. The maximum atomic E-state index is 4.11. The highest BCUT2D eigenvalue weighted by Crippen LogP contribution is 2.02. The highest BCUT2D eigenvalue weighted by Gasteiger charge is 2.00. The second-order valence-corrected chi connectivity index (χ2v) is 2.75. The first kappa shape index (κ1) is 7.09. The summed E-state index contributed by atoms with van der Waals surface area (Å²) in [5.41, 5.74) is 2.10. The maximum Gasteiger partial charge on any atom is 0.112 e. The fourth-order valence-corrected chi connectivity index (χ4v) is 1.13. The molecule has 0 bridgehead atoms. The number of nitrogens with one attached hydrogen (secondary N) is 2. The number of hydrogen-bond acceptors (Lipinski definition) is 2. The number of nitrogens with zero attached hydrogens (tertiary/aromatic N) is 2. The van der Waals surface area contributed by atoms with E-state index in [1.807, 2.05) is 19.2 Å². The fourth-order valence-electron chi connectivity index (χ4n) is 1.13. The predicted molar refractivity (Wildman–Crippen MR) is 44.7 cm³/mol. The van der Waals surface area contributed by atoms with Gasteiger partial charge in [0.1, 0.15) is 5.82 Å². The van der Waals surface area contributed by atoms with Crippen molar-refractivity contribution in [2.75, 3.05) is 0 Å². The summed E-state index contributed by atoms with van der Waals surface area (Å²) in [5, 5.41) is 7.00. The van der Waals surface area contributed by atoms with Gasteiger partial charge < -0.3 is 4.98 Å². The fraction of sp³-hybridized carbons (Fsp3) is 0.250. The van der Waals surface area contributed by atoms with Crippen LogP contribution < -0.4 is 0 Å². The number of H-pyrrole nitrogens is 2. The lowest BCUT2D eigenvalue weighted by Gasteiger charge is -1.88. The van der Waals surface area contributed by atoms with Crippen molar-refractivity contribution in [2.24, 2.45) is 0 Å². The third-order valence-corrected chi connectivity index (χ3v) is 1.66. The van der Waals surface area contributed by atoms with Crippen LogP contribution in [-0.2, 0) is 6.42 Å². The molecular formula is C8H10N4. The first-order chi connectivity index (χ1) is 5.84. The molecule has 4 nitrogen and oxygen atoms in total. The lowest BCUT2D eigenvalue weighted by atomic mass is 10.3. The summed E-state index contributed by atoms with van der Waals surface area (Å²) in [6.07, 6.45) is 4.32. The van der Waals surface area contributed by atoms with Crippen LogP contribution in [-0.4, -0.2) is 20.2 Å². The molecule has 0 spiro atoms. The highest BCUT2D eigenvalue weighted by atomic mass is 15.1. The average Bonchev–Trinajstić information content (AvgIpc) is 2.63. The summed E-state index contributed by atoms with van der Waals surface area (Å²) >= 11 is 0. The van der Waals surface area contributed by atoms with E-state index in [9.17, 15) is 0 Å². The van der Waals surface area contributed by atoms with E-state index in [2.05, 4.69) is 20.2 Å². The van der Waals surface area contributed by atoms with Gasteiger partial charge in [0.2, 0.25) is 0 Å². The van der Waals surface area contributed by atoms with Gasteiger partial charge in [0.25, 0.3) is 0 Å². The molecule has 4 heteroatoms. The normalized spacial score (nSPS) is 10.4. The Hall–Kier alpha value is -1.58. The van der Waals surface area contributed by atoms with Crippen molar-refractivity contribution in [1.29, 1.82) is 0 Å². The third kappa shape index (κ3) is 1.37. The van der Waals surface area contributed by atoms with Gasteiger partial charge in [-0.05, 0) is 13.0 Å². The number of hydrogen-bond donors (Lipinski definition) is 2. The summed E-state index contributed by atoms with van der Waals surface area (Å²) in [7, 11) is 0. The molecule has 0 fully saturated rings. The molecule has 0 radical (unpaired) electrons. The van der Waals surface area contributed by atoms with E-state index in [1.165, 1.54) is 0 Å². The van der Waals surface area contributed by atoms with E-state index in [0.29, 0.717) is 0 Å². The molecule has 2 aromatic heterocycles. The van der Waals surface area contributed by atoms with Gasteiger partial charge in [-0.2, -0.15) is 5.10 Å². The quantitative estimate of drug-likeness (QED) is 0.693. The summed E-state index contributed by atoms with van der Waals surface area (Å²) in [6, 6.07) is 2.02. The molecule has 0 saturated heterocycles. The van der Waals surface area contributed by atoms with E-state index in [0.717, 1.165) is 23.6 Å². The molecule has 62 valence electrons. The average molecular weight is 162 g/mol. The molecule has 0 aliphatic rings. The third-order valence-electron chi connectivity index (χ3n) is 1.66. The standard InChI is InChI=1S/C8H10N4/c1-6-4-7(12-11-6)5-8-9-2-3-10-8/h2-4H,5H2,1H3,(H,9,10)(H,11,12). The van der Waals surface area contributed by atoms with Gasteiger partial charge in [0.15, 0.2) is 0 Å². The molecule has 12 heavy (non-hydrogen) atoms. The Kier molecular flexibility index (Phi) is 1.66. The van der Waals surface area contributed by atoms with E-state index in [-0.39, 0.29) is 0 Å².